The van der Waals surface area contributed by atoms with Crippen LogP contribution in [0.25, 0.3) is 16.8 Å². The van der Waals surface area contributed by atoms with Gasteiger partial charge in [0.15, 0.2) is 5.65 Å². The number of rotatable bonds is 3. The van der Waals surface area contributed by atoms with E-state index in [2.05, 4.69) is 16.7 Å². The highest BCUT2D eigenvalue weighted by Gasteiger charge is 2.16. The summed E-state index contributed by atoms with van der Waals surface area (Å²) in [5.74, 6) is 0. The topological polar surface area (TPSA) is 50.2 Å². The fourth-order valence-electron chi connectivity index (χ4n) is 2.67. The molecule has 0 aliphatic rings. The Morgan fingerprint density at radius 3 is 2.64 bits per heavy atom. The number of H-pyrrole nitrogens is 1. The second-order valence-electron chi connectivity index (χ2n) is 5.25. The zero-order valence-corrected chi connectivity index (χ0v) is 13.2. The van der Waals surface area contributed by atoms with E-state index in [1.807, 2.05) is 38.1 Å². The van der Waals surface area contributed by atoms with Gasteiger partial charge in [-0.3, -0.25) is 9.89 Å². The van der Waals surface area contributed by atoms with Gasteiger partial charge < -0.3 is 0 Å². The maximum atomic E-state index is 12.6. The highest BCUT2D eigenvalue weighted by atomic mass is 35.5. The molecular weight excluding hydrogens is 298 g/mol. The number of aryl methyl sites for hydroxylation is 2. The molecule has 0 atom stereocenters. The van der Waals surface area contributed by atoms with Gasteiger partial charge in [0.2, 0.25) is 0 Å². The van der Waals surface area contributed by atoms with E-state index >= 15 is 0 Å². The van der Waals surface area contributed by atoms with E-state index in [0.29, 0.717) is 22.7 Å². The van der Waals surface area contributed by atoms with Gasteiger partial charge in [0.25, 0.3) is 5.56 Å². The molecule has 0 spiro atoms. The average molecular weight is 314 g/mol. The van der Waals surface area contributed by atoms with Crippen molar-refractivity contribution in [3.05, 3.63) is 69.2 Å². The molecule has 0 fully saturated rings. The number of halogens is 1. The van der Waals surface area contributed by atoms with Crippen LogP contribution < -0.4 is 5.56 Å². The van der Waals surface area contributed by atoms with Crippen molar-refractivity contribution >= 4 is 17.2 Å². The summed E-state index contributed by atoms with van der Waals surface area (Å²) in [6, 6.07) is 7.52. The molecule has 5 heteroatoms. The molecule has 0 amide bonds. The Morgan fingerprint density at radius 1 is 1.32 bits per heavy atom. The van der Waals surface area contributed by atoms with Gasteiger partial charge in [-0.2, -0.15) is 0 Å². The van der Waals surface area contributed by atoms with Gasteiger partial charge in [-0.15, -0.1) is 6.58 Å². The molecule has 0 aliphatic carbocycles. The van der Waals surface area contributed by atoms with E-state index in [9.17, 15) is 4.79 Å². The third-order valence-electron chi connectivity index (χ3n) is 3.74. The van der Waals surface area contributed by atoms with Gasteiger partial charge in [0, 0.05) is 27.5 Å². The number of aromatic nitrogens is 3. The summed E-state index contributed by atoms with van der Waals surface area (Å²) in [4.78, 5) is 17.2. The number of allylic oxidation sites excluding steroid dienone is 1. The molecule has 0 saturated heterocycles. The third kappa shape index (κ3) is 2.25. The van der Waals surface area contributed by atoms with Crippen molar-refractivity contribution in [3.63, 3.8) is 0 Å². The van der Waals surface area contributed by atoms with Crippen molar-refractivity contribution in [2.75, 3.05) is 0 Å². The van der Waals surface area contributed by atoms with Crippen LogP contribution >= 0.6 is 11.6 Å². The van der Waals surface area contributed by atoms with Crippen LogP contribution in [0.5, 0.6) is 0 Å². The average Bonchev–Trinajstić information content (AvgIpc) is 2.81. The third-order valence-corrected chi connectivity index (χ3v) is 3.99. The maximum Gasteiger partial charge on any atom is 0.276 e. The van der Waals surface area contributed by atoms with Crippen LogP contribution in [-0.4, -0.2) is 14.6 Å². The maximum absolute atomic E-state index is 12.6. The molecule has 2 aromatic heterocycles. The first-order valence-electron chi connectivity index (χ1n) is 7.00. The molecule has 1 aromatic carbocycles. The predicted octanol–water partition coefficient (Wildman–Crippen LogP) is 3.69. The highest BCUT2D eigenvalue weighted by Crippen LogP contribution is 2.28. The Morgan fingerprint density at radius 2 is 2.00 bits per heavy atom. The van der Waals surface area contributed by atoms with Crippen LogP contribution in [0.3, 0.4) is 0 Å². The Kier molecular flexibility index (Phi) is 3.62. The lowest BCUT2D eigenvalue weighted by Gasteiger charge is -2.04. The summed E-state index contributed by atoms with van der Waals surface area (Å²) in [6.07, 6.45) is 2.22. The fraction of sp³-hybridized carbons (Fsp3) is 0.176. The van der Waals surface area contributed by atoms with Crippen LogP contribution in [-0.2, 0) is 6.42 Å². The van der Waals surface area contributed by atoms with Crippen LogP contribution in [0.1, 0.15) is 17.0 Å². The molecule has 3 rings (SSSR count). The Balaban J connectivity index is 2.33. The van der Waals surface area contributed by atoms with E-state index in [0.717, 1.165) is 22.5 Å². The number of hydrogen-bond acceptors (Lipinski definition) is 2. The lowest BCUT2D eigenvalue weighted by molar-refractivity contribution is 0.850. The zero-order valence-electron chi connectivity index (χ0n) is 12.5. The summed E-state index contributed by atoms with van der Waals surface area (Å²) in [7, 11) is 0. The Labute approximate surface area is 133 Å². The summed E-state index contributed by atoms with van der Waals surface area (Å²) in [5.41, 5.74) is 4.74. The first-order chi connectivity index (χ1) is 10.5. The lowest BCUT2D eigenvalue weighted by atomic mass is 10.1. The smallest absolute Gasteiger partial charge is 0.276 e. The highest BCUT2D eigenvalue weighted by molar-refractivity contribution is 6.30. The van der Waals surface area contributed by atoms with E-state index in [1.54, 1.807) is 6.08 Å². The zero-order chi connectivity index (χ0) is 15.9. The van der Waals surface area contributed by atoms with E-state index < -0.39 is 0 Å². The summed E-state index contributed by atoms with van der Waals surface area (Å²) in [6.45, 7) is 7.48. The number of benzene rings is 1. The molecular formula is C17H16ClN3O. The Bertz CT molecular complexity index is 920. The van der Waals surface area contributed by atoms with Gasteiger partial charge in [0.05, 0.1) is 0 Å². The number of aromatic amines is 1. The standard InChI is InChI=1S/C17H16ClN3O/c1-4-5-14-10(2)19-16-15(11(3)20-21(16)17(14)22)12-6-8-13(18)9-7-12/h4,6-9,20H,1,5H2,2-3H3. The minimum atomic E-state index is -0.0780. The normalized spacial score (nSPS) is 11.0. The molecule has 0 bridgehead atoms. The van der Waals surface area contributed by atoms with Crippen molar-refractivity contribution in [2.45, 2.75) is 20.3 Å². The molecule has 22 heavy (non-hydrogen) atoms. The monoisotopic (exact) mass is 313 g/mol. The number of nitrogens with zero attached hydrogens (tertiary/aromatic N) is 2. The fourth-order valence-corrected chi connectivity index (χ4v) is 2.79. The molecule has 0 unspecified atom stereocenters. The van der Waals surface area contributed by atoms with E-state index in [4.69, 9.17) is 11.6 Å². The molecule has 0 aliphatic heterocycles. The largest absolute Gasteiger partial charge is 0.293 e. The second-order valence-corrected chi connectivity index (χ2v) is 5.69. The number of hydrogen-bond donors (Lipinski definition) is 1. The summed E-state index contributed by atoms with van der Waals surface area (Å²) < 4.78 is 1.51. The molecule has 0 radical (unpaired) electrons. The van der Waals surface area contributed by atoms with Crippen LogP contribution in [0, 0.1) is 13.8 Å². The SMILES string of the molecule is C=CCc1c(C)nc2c(-c3ccc(Cl)cc3)c(C)[nH]n2c1=O. The van der Waals surface area contributed by atoms with Crippen molar-refractivity contribution in [1.82, 2.24) is 14.6 Å². The van der Waals surface area contributed by atoms with Crippen molar-refractivity contribution in [3.8, 4) is 11.1 Å². The van der Waals surface area contributed by atoms with Crippen LogP contribution in [0.2, 0.25) is 5.02 Å². The quantitative estimate of drug-likeness (QED) is 0.750. The molecule has 1 N–H and O–H groups in total. The van der Waals surface area contributed by atoms with Gasteiger partial charge in [-0.1, -0.05) is 29.8 Å². The first-order valence-corrected chi connectivity index (χ1v) is 7.38. The first kappa shape index (κ1) is 14.6. The minimum Gasteiger partial charge on any atom is -0.293 e. The van der Waals surface area contributed by atoms with Gasteiger partial charge in [-0.05, 0) is 38.0 Å². The Hall–Kier alpha value is -2.33. The van der Waals surface area contributed by atoms with Gasteiger partial charge in [-0.25, -0.2) is 9.50 Å². The van der Waals surface area contributed by atoms with Crippen molar-refractivity contribution in [2.24, 2.45) is 0 Å². The molecule has 4 nitrogen and oxygen atoms in total. The minimum absolute atomic E-state index is 0.0780. The van der Waals surface area contributed by atoms with Gasteiger partial charge >= 0.3 is 0 Å². The number of fused-ring (bicyclic) bond motifs is 1. The number of nitrogens with one attached hydrogen (secondary N) is 1. The van der Waals surface area contributed by atoms with Crippen molar-refractivity contribution in [1.29, 1.82) is 0 Å². The van der Waals surface area contributed by atoms with Crippen LogP contribution in [0.15, 0.2) is 41.7 Å². The van der Waals surface area contributed by atoms with E-state index in [-0.39, 0.29) is 5.56 Å². The van der Waals surface area contributed by atoms with E-state index in [1.165, 1.54) is 4.52 Å². The predicted molar refractivity (Wildman–Crippen MR) is 89.6 cm³/mol. The summed E-state index contributed by atoms with van der Waals surface area (Å²) >= 11 is 5.95. The van der Waals surface area contributed by atoms with Crippen LogP contribution in [0.4, 0.5) is 0 Å². The molecule has 2 heterocycles. The molecule has 0 saturated carbocycles. The summed E-state index contributed by atoms with van der Waals surface area (Å²) in [5, 5.41) is 3.79. The molecule has 112 valence electrons. The second kappa shape index (κ2) is 5.46. The van der Waals surface area contributed by atoms with Crippen molar-refractivity contribution < 1.29 is 0 Å². The van der Waals surface area contributed by atoms with Gasteiger partial charge in [0.1, 0.15) is 0 Å². The lowest BCUT2D eigenvalue weighted by Crippen LogP contribution is -2.21. The molecule has 3 aromatic rings.